The van der Waals surface area contributed by atoms with E-state index < -0.39 is 0 Å². The summed E-state index contributed by atoms with van der Waals surface area (Å²) in [4.78, 5) is 40.2. The summed E-state index contributed by atoms with van der Waals surface area (Å²) >= 11 is 0. The number of benzene rings is 2. The van der Waals surface area contributed by atoms with Crippen LogP contribution >= 0.6 is 0 Å². The lowest BCUT2D eigenvalue weighted by atomic mass is 9.96. The maximum Gasteiger partial charge on any atom is 0.255 e. The number of piperidine rings is 1. The van der Waals surface area contributed by atoms with Gasteiger partial charge in [-0.15, -0.1) is 0 Å². The summed E-state index contributed by atoms with van der Waals surface area (Å²) in [7, 11) is 0. The molecule has 0 saturated carbocycles. The summed E-state index contributed by atoms with van der Waals surface area (Å²) in [6.07, 6.45) is 3.68. The van der Waals surface area contributed by atoms with Gasteiger partial charge in [-0.1, -0.05) is 24.3 Å². The number of rotatable bonds is 6. The Bertz CT molecular complexity index is 1020. The molecule has 33 heavy (non-hydrogen) atoms. The monoisotopic (exact) mass is 449 g/mol. The average molecular weight is 450 g/mol. The zero-order valence-corrected chi connectivity index (χ0v) is 19.0. The number of carbonyl (C=O) groups is 3. The van der Waals surface area contributed by atoms with Crippen molar-refractivity contribution in [2.45, 2.75) is 38.7 Å². The van der Waals surface area contributed by atoms with Crippen LogP contribution in [0.2, 0.25) is 0 Å². The fraction of sp³-hybridized carbons (Fsp3) is 0.423. The molecule has 2 saturated heterocycles. The van der Waals surface area contributed by atoms with Crippen LogP contribution in [0.25, 0.3) is 0 Å². The first-order chi connectivity index (χ1) is 16.0. The fourth-order valence-electron chi connectivity index (χ4n) is 4.48. The van der Waals surface area contributed by atoms with Crippen molar-refractivity contribution in [2.75, 3.05) is 31.6 Å². The quantitative estimate of drug-likeness (QED) is 0.708. The van der Waals surface area contributed by atoms with Gasteiger partial charge in [0.05, 0.1) is 12.0 Å². The van der Waals surface area contributed by atoms with Crippen LogP contribution in [0.5, 0.6) is 0 Å². The van der Waals surface area contributed by atoms with Crippen molar-refractivity contribution in [3.63, 3.8) is 0 Å². The lowest BCUT2D eigenvalue weighted by Crippen LogP contribution is -2.46. The molecule has 7 heteroatoms. The normalized spacial score (nSPS) is 20.3. The second kappa shape index (κ2) is 10.6. The Hall–Kier alpha value is -3.19. The van der Waals surface area contributed by atoms with Gasteiger partial charge in [-0.2, -0.15) is 0 Å². The van der Waals surface area contributed by atoms with E-state index in [0.717, 1.165) is 37.9 Å². The fourth-order valence-corrected chi connectivity index (χ4v) is 4.48. The molecule has 2 fully saturated rings. The minimum atomic E-state index is -0.215. The van der Waals surface area contributed by atoms with E-state index in [-0.39, 0.29) is 29.7 Å². The molecule has 0 spiro atoms. The van der Waals surface area contributed by atoms with Crippen LogP contribution < -0.4 is 10.6 Å². The first-order valence-corrected chi connectivity index (χ1v) is 11.7. The molecule has 2 aliphatic rings. The van der Waals surface area contributed by atoms with Gasteiger partial charge in [-0.05, 0) is 62.4 Å². The molecule has 174 valence electrons. The molecule has 0 aliphatic carbocycles. The van der Waals surface area contributed by atoms with Crippen LogP contribution in [0.3, 0.4) is 0 Å². The van der Waals surface area contributed by atoms with Gasteiger partial charge in [0.15, 0.2) is 0 Å². The van der Waals surface area contributed by atoms with Crippen molar-refractivity contribution < 1.29 is 19.1 Å². The summed E-state index contributed by atoms with van der Waals surface area (Å²) in [5.74, 6) is -0.562. The summed E-state index contributed by atoms with van der Waals surface area (Å²) in [5.41, 5.74) is 2.55. The van der Waals surface area contributed by atoms with Crippen molar-refractivity contribution in [3.8, 4) is 0 Å². The number of amides is 3. The van der Waals surface area contributed by atoms with Crippen LogP contribution in [0.15, 0.2) is 48.5 Å². The maximum absolute atomic E-state index is 13.2. The zero-order chi connectivity index (χ0) is 23.2. The lowest BCUT2D eigenvalue weighted by Gasteiger charge is -2.32. The summed E-state index contributed by atoms with van der Waals surface area (Å²) in [6, 6.07) is 14.3. The number of likely N-dealkylation sites (tertiary alicyclic amines) is 1. The number of nitrogens with one attached hydrogen (secondary N) is 2. The molecule has 2 atom stereocenters. The molecular formula is C26H31N3O4. The molecule has 0 bridgehead atoms. The Morgan fingerprint density at radius 1 is 1.06 bits per heavy atom. The third kappa shape index (κ3) is 5.79. The predicted molar refractivity (Wildman–Crippen MR) is 126 cm³/mol. The van der Waals surface area contributed by atoms with Gasteiger partial charge in [-0.3, -0.25) is 14.4 Å². The molecule has 0 aromatic heterocycles. The number of ether oxygens (including phenoxy) is 1. The highest BCUT2D eigenvalue weighted by molar-refractivity contribution is 6.06. The third-order valence-corrected chi connectivity index (χ3v) is 6.36. The van der Waals surface area contributed by atoms with Crippen molar-refractivity contribution in [3.05, 3.63) is 65.2 Å². The van der Waals surface area contributed by atoms with E-state index in [0.29, 0.717) is 36.4 Å². The Morgan fingerprint density at radius 3 is 2.70 bits per heavy atom. The molecule has 0 radical (unpaired) electrons. The Kier molecular flexibility index (Phi) is 7.40. The first-order valence-electron chi connectivity index (χ1n) is 11.7. The molecule has 2 N–H and O–H groups in total. The number of hydrogen-bond acceptors (Lipinski definition) is 4. The van der Waals surface area contributed by atoms with Gasteiger partial charge in [0.25, 0.3) is 11.8 Å². The standard InChI is InChI=1S/C26H31N3O4/c1-18-7-2-3-12-23(18)25(31)28-21-10-4-8-19(15-21)26(32)29-13-5-9-20(17-29)24(30)27-16-22-11-6-14-33-22/h2-4,7-8,10,12,15,20,22H,5-6,9,11,13-14,16-17H2,1H3,(H,27,30)(H,28,31). The number of nitrogens with zero attached hydrogens (tertiary/aromatic N) is 1. The van der Waals surface area contributed by atoms with Gasteiger partial charge < -0.3 is 20.3 Å². The highest BCUT2D eigenvalue weighted by Crippen LogP contribution is 2.21. The first kappa shape index (κ1) is 23.0. The van der Waals surface area contributed by atoms with E-state index >= 15 is 0 Å². The predicted octanol–water partition coefficient (Wildman–Crippen LogP) is 3.39. The lowest BCUT2D eigenvalue weighted by molar-refractivity contribution is -0.126. The minimum absolute atomic E-state index is 0.0118. The topological polar surface area (TPSA) is 87.7 Å². The number of aryl methyl sites for hydroxylation is 1. The number of carbonyl (C=O) groups excluding carboxylic acids is 3. The summed E-state index contributed by atoms with van der Waals surface area (Å²) in [6.45, 7) is 4.20. The molecule has 2 heterocycles. The highest BCUT2D eigenvalue weighted by Gasteiger charge is 2.29. The number of anilines is 1. The molecule has 2 unspecified atom stereocenters. The van der Waals surface area contributed by atoms with E-state index in [4.69, 9.17) is 4.74 Å². The van der Waals surface area contributed by atoms with E-state index in [1.54, 1.807) is 35.2 Å². The van der Waals surface area contributed by atoms with Crippen molar-refractivity contribution in [1.82, 2.24) is 10.2 Å². The van der Waals surface area contributed by atoms with E-state index in [9.17, 15) is 14.4 Å². The molecule has 2 aromatic carbocycles. The van der Waals surface area contributed by atoms with E-state index in [2.05, 4.69) is 10.6 Å². The second-order valence-corrected chi connectivity index (χ2v) is 8.82. The Labute approximate surface area is 194 Å². The Morgan fingerprint density at radius 2 is 1.91 bits per heavy atom. The molecule has 4 rings (SSSR count). The van der Waals surface area contributed by atoms with Crippen molar-refractivity contribution >= 4 is 23.4 Å². The highest BCUT2D eigenvalue weighted by atomic mass is 16.5. The second-order valence-electron chi connectivity index (χ2n) is 8.82. The van der Waals surface area contributed by atoms with Crippen LogP contribution in [0.4, 0.5) is 5.69 Å². The summed E-state index contributed by atoms with van der Waals surface area (Å²) in [5, 5.41) is 5.88. The summed E-state index contributed by atoms with van der Waals surface area (Å²) < 4.78 is 5.57. The largest absolute Gasteiger partial charge is 0.376 e. The van der Waals surface area contributed by atoms with Crippen molar-refractivity contribution in [1.29, 1.82) is 0 Å². The zero-order valence-electron chi connectivity index (χ0n) is 19.0. The third-order valence-electron chi connectivity index (χ3n) is 6.36. The van der Waals surface area contributed by atoms with Crippen molar-refractivity contribution in [2.24, 2.45) is 5.92 Å². The minimum Gasteiger partial charge on any atom is -0.376 e. The molecule has 2 aliphatic heterocycles. The van der Waals surface area contributed by atoms with Gasteiger partial charge in [0.1, 0.15) is 0 Å². The van der Waals surface area contributed by atoms with Crippen LogP contribution in [-0.2, 0) is 9.53 Å². The SMILES string of the molecule is Cc1ccccc1C(=O)Nc1cccc(C(=O)N2CCCC(C(=O)NCC3CCCO3)C2)c1. The molecule has 3 amide bonds. The molecular weight excluding hydrogens is 418 g/mol. The maximum atomic E-state index is 13.2. The number of hydrogen-bond donors (Lipinski definition) is 2. The van der Waals surface area contributed by atoms with Crippen LogP contribution in [-0.4, -0.2) is 55.0 Å². The Balaban J connectivity index is 1.36. The van der Waals surface area contributed by atoms with Crippen LogP contribution in [0.1, 0.15) is 52.0 Å². The van der Waals surface area contributed by atoms with Gasteiger partial charge in [0.2, 0.25) is 5.91 Å². The average Bonchev–Trinajstić information content (AvgIpc) is 3.36. The van der Waals surface area contributed by atoms with Crippen LogP contribution in [0, 0.1) is 12.8 Å². The molecule has 7 nitrogen and oxygen atoms in total. The smallest absolute Gasteiger partial charge is 0.255 e. The van der Waals surface area contributed by atoms with Gasteiger partial charge in [0, 0.05) is 43.1 Å². The van der Waals surface area contributed by atoms with Gasteiger partial charge in [-0.25, -0.2) is 0 Å². The van der Waals surface area contributed by atoms with E-state index in [1.807, 2.05) is 25.1 Å². The van der Waals surface area contributed by atoms with E-state index in [1.165, 1.54) is 0 Å². The van der Waals surface area contributed by atoms with Gasteiger partial charge >= 0.3 is 0 Å². The molecule has 2 aromatic rings.